The Morgan fingerprint density at radius 1 is 1.18 bits per heavy atom. The van der Waals surface area contributed by atoms with E-state index in [1.165, 1.54) is 5.56 Å². The average molecular weight is 248 g/mol. The maximum Gasteiger partial charge on any atom is 0.123 e. The first-order valence-corrected chi connectivity index (χ1v) is 5.84. The zero-order valence-corrected chi connectivity index (χ0v) is 10.6. The standard InChI is InChI=1S/C14H14ClNO/c1-10-3-4-13(17-2)12(9-10)14(15)11-5-7-16-8-6-11/h3-9,14H,1-2H3. The summed E-state index contributed by atoms with van der Waals surface area (Å²) in [6.07, 6.45) is 3.49. The number of nitrogens with zero attached hydrogens (tertiary/aromatic N) is 1. The number of methoxy groups -OCH3 is 1. The van der Waals surface area contributed by atoms with E-state index < -0.39 is 0 Å². The van der Waals surface area contributed by atoms with Crippen LogP contribution in [-0.2, 0) is 0 Å². The Kier molecular flexibility index (Phi) is 3.64. The lowest BCUT2D eigenvalue weighted by Crippen LogP contribution is -1.98. The van der Waals surface area contributed by atoms with Crippen molar-refractivity contribution in [3.8, 4) is 5.75 Å². The number of halogens is 1. The molecule has 1 aromatic heterocycles. The van der Waals surface area contributed by atoms with Crippen LogP contribution in [0.3, 0.4) is 0 Å². The first kappa shape index (κ1) is 11.9. The molecule has 3 heteroatoms. The maximum atomic E-state index is 6.48. The molecule has 1 unspecified atom stereocenters. The van der Waals surface area contributed by atoms with Crippen LogP contribution in [0.2, 0.25) is 0 Å². The van der Waals surface area contributed by atoms with E-state index in [9.17, 15) is 0 Å². The summed E-state index contributed by atoms with van der Waals surface area (Å²) in [5.41, 5.74) is 3.17. The van der Waals surface area contributed by atoms with Gasteiger partial charge in [0.2, 0.25) is 0 Å². The van der Waals surface area contributed by atoms with Crippen LogP contribution in [0.5, 0.6) is 5.75 Å². The first-order chi connectivity index (χ1) is 8.22. The number of hydrogen-bond acceptors (Lipinski definition) is 2. The number of aryl methyl sites for hydroxylation is 1. The molecular weight excluding hydrogens is 234 g/mol. The summed E-state index contributed by atoms with van der Waals surface area (Å²) < 4.78 is 5.34. The van der Waals surface area contributed by atoms with Gasteiger partial charge < -0.3 is 4.74 Å². The third kappa shape index (κ3) is 2.59. The van der Waals surface area contributed by atoms with E-state index in [0.29, 0.717) is 0 Å². The van der Waals surface area contributed by atoms with Crippen molar-refractivity contribution in [3.05, 3.63) is 59.4 Å². The van der Waals surface area contributed by atoms with Crippen LogP contribution in [-0.4, -0.2) is 12.1 Å². The van der Waals surface area contributed by atoms with Crippen molar-refractivity contribution >= 4 is 11.6 Å². The molecule has 0 bridgehead atoms. The minimum Gasteiger partial charge on any atom is -0.496 e. The van der Waals surface area contributed by atoms with Gasteiger partial charge >= 0.3 is 0 Å². The molecule has 1 atom stereocenters. The number of pyridine rings is 1. The molecule has 0 N–H and O–H groups in total. The van der Waals surface area contributed by atoms with E-state index >= 15 is 0 Å². The maximum absolute atomic E-state index is 6.48. The summed E-state index contributed by atoms with van der Waals surface area (Å²) in [6.45, 7) is 2.04. The predicted molar refractivity (Wildman–Crippen MR) is 69.7 cm³/mol. The van der Waals surface area contributed by atoms with Gasteiger partial charge in [0.25, 0.3) is 0 Å². The highest BCUT2D eigenvalue weighted by Crippen LogP contribution is 2.35. The molecule has 0 spiro atoms. The molecule has 0 aliphatic heterocycles. The molecule has 88 valence electrons. The number of alkyl halides is 1. The third-order valence-electron chi connectivity index (χ3n) is 2.66. The smallest absolute Gasteiger partial charge is 0.123 e. The van der Waals surface area contributed by atoms with Gasteiger partial charge in [-0.15, -0.1) is 11.6 Å². The highest BCUT2D eigenvalue weighted by molar-refractivity contribution is 6.22. The van der Waals surface area contributed by atoms with Crippen molar-refractivity contribution < 1.29 is 4.74 Å². The summed E-state index contributed by atoms with van der Waals surface area (Å²) >= 11 is 6.48. The summed E-state index contributed by atoms with van der Waals surface area (Å²) in [7, 11) is 1.66. The summed E-state index contributed by atoms with van der Waals surface area (Å²) in [4.78, 5) is 3.99. The summed E-state index contributed by atoms with van der Waals surface area (Å²) in [5, 5.41) is -0.215. The van der Waals surface area contributed by atoms with Gasteiger partial charge in [0.15, 0.2) is 0 Å². The van der Waals surface area contributed by atoms with Crippen LogP contribution in [0, 0.1) is 6.92 Å². The molecule has 0 aliphatic carbocycles. The highest BCUT2D eigenvalue weighted by Gasteiger charge is 2.15. The Morgan fingerprint density at radius 2 is 1.88 bits per heavy atom. The number of hydrogen-bond donors (Lipinski definition) is 0. The quantitative estimate of drug-likeness (QED) is 0.771. The molecule has 0 amide bonds. The fourth-order valence-corrected chi connectivity index (χ4v) is 2.08. The van der Waals surface area contributed by atoms with Crippen LogP contribution < -0.4 is 4.74 Å². The Labute approximate surface area is 106 Å². The Morgan fingerprint density at radius 3 is 2.53 bits per heavy atom. The van der Waals surface area contributed by atoms with E-state index in [1.54, 1.807) is 19.5 Å². The van der Waals surface area contributed by atoms with E-state index in [2.05, 4.69) is 11.1 Å². The van der Waals surface area contributed by atoms with Gasteiger partial charge in [0, 0.05) is 18.0 Å². The average Bonchev–Trinajstić information content (AvgIpc) is 2.39. The van der Waals surface area contributed by atoms with Crippen LogP contribution in [0.15, 0.2) is 42.7 Å². The van der Waals surface area contributed by atoms with Gasteiger partial charge in [-0.3, -0.25) is 4.98 Å². The second-order valence-corrected chi connectivity index (χ2v) is 4.32. The molecule has 0 aliphatic rings. The van der Waals surface area contributed by atoms with E-state index in [1.807, 2.05) is 31.2 Å². The van der Waals surface area contributed by atoms with Crippen molar-refractivity contribution in [1.82, 2.24) is 4.98 Å². The molecule has 2 nitrogen and oxygen atoms in total. The van der Waals surface area contributed by atoms with Crippen molar-refractivity contribution in [1.29, 1.82) is 0 Å². The van der Waals surface area contributed by atoms with Gasteiger partial charge in [-0.2, -0.15) is 0 Å². The van der Waals surface area contributed by atoms with E-state index in [-0.39, 0.29) is 5.38 Å². The lowest BCUT2D eigenvalue weighted by Gasteiger charge is -2.14. The van der Waals surface area contributed by atoms with Gasteiger partial charge in [-0.25, -0.2) is 0 Å². The molecule has 1 heterocycles. The zero-order chi connectivity index (χ0) is 12.3. The van der Waals surface area contributed by atoms with Crippen molar-refractivity contribution in [2.45, 2.75) is 12.3 Å². The molecule has 17 heavy (non-hydrogen) atoms. The summed E-state index contributed by atoms with van der Waals surface area (Å²) in [6, 6.07) is 9.84. The molecular formula is C14H14ClNO. The lowest BCUT2D eigenvalue weighted by atomic mass is 10.0. The Hall–Kier alpha value is -1.54. The van der Waals surface area contributed by atoms with Crippen LogP contribution >= 0.6 is 11.6 Å². The molecule has 0 fully saturated rings. The molecule has 0 saturated heterocycles. The molecule has 0 radical (unpaired) electrons. The SMILES string of the molecule is COc1ccc(C)cc1C(Cl)c1ccncc1. The van der Waals surface area contributed by atoms with E-state index in [0.717, 1.165) is 16.9 Å². The van der Waals surface area contributed by atoms with Crippen LogP contribution in [0.1, 0.15) is 22.1 Å². The second-order valence-electron chi connectivity index (χ2n) is 3.89. The first-order valence-electron chi connectivity index (χ1n) is 5.41. The highest BCUT2D eigenvalue weighted by atomic mass is 35.5. The van der Waals surface area contributed by atoms with E-state index in [4.69, 9.17) is 16.3 Å². The molecule has 2 rings (SSSR count). The van der Waals surface area contributed by atoms with Crippen molar-refractivity contribution in [2.75, 3.05) is 7.11 Å². The topological polar surface area (TPSA) is 22.1 Å². The van der Waals surface area contributed by atoms with Crippen LogP contribution in [0.25, 0.3) is 0 Å². The molecule has 1 aromatic carbocycles. The minimum absolute atomic E-state index is 0.215. The van der Waals surface area contributed by atoms with Gasteiger partial charge in [-0.1, -0.05) is 17.7 Å². The largest absolute Gasteiger partial charge is 0.496 e. The Bertz CT molecular complexity index is 499. The van der Waals surface area contributed by atoms with Crippen LogP contribution in [0.4, 0.5) is 0 Å². The molecule has 2 aromatic rings. The normalized spacial score (nSPS) is 12.2. The lowest BCUT2D eigenvalue weighted by molar-refractivity contribution is 0.410. The predicted octanol–water partition coefficient (Wildman–Crippen LogP) is 3.73. The number of rotatable bonds is 3. The van der Waals surface area contributed by atoms with Gasteiger partial charge in [0.1, 0.15) is 5.75 Å². The number of aromatic nitrogens is 1. The number of benzene rings is 1. The van der Waals surface area contributed by atoms with Crippen molar-refractivity contribution in [2.24, 2.45) is 0 Å². The summed E-state index contributed by atoms with van der Waals surface area (Å²) in [5.74, 6) is 0.812. The minimum atomic E-state index is -0.215. The zero-order valence-electron chi connectivity index (χ0n) is 9.85. The monoisotopic (exact) mass is 247 g/mol. The Balaban J connectivity index is 2.43. The number of ether oxygens (including phenoxy) is 1. The fraction of sp³-hybridized carbons (Fsp3) is 0.214. The van der Waals surface area contributed by atoms with Crippen molar-refractivity contribution in [3.63, 3.8) is 0 Å². The third-order valence-corrected chi connectivity index (χ3v) is 3.14. The van der Waals surface area contributed by atoms with Gasteiger partial charge in [0.05, 0.1) is 12.5 Å². The van der Waals surface area contributed by atoms with Gasteiger partial charge in [-0.05, 0) is 30.7 Å². The second kappa shape index (κ2) is 5.19. The molecule has 0 saturated carbocycles. The fourth-order valence-electron chi connectivity index (χ4n) is 1.76.